The van der Waals surface area contributed by atoms with Gasteiger partial charge in [-0.15, -0.1) is 0 Å². The molecule has 0 aliphatic heterocycles. The van der Waals surface area contributed by atoms with E-state index in [1.54, 1.807) is 11.9 Å². The number of rotatable bonds is 10. The zero-order valence-electron chi connectivity index (χ0n) is 18.3. The molecule has 162 valence electrons. The number of hydrogen-bond donors (Lipinski definition) is 2. The summed E-state index contributed by atoms with van der Waals surface area (Å²) in [6.45, 7) is 10.7. The van der Waals surface area contributed by atoms with Crippen LogP contribution in [0.15, 0.2) is 24.4 Å². The highest BCUT2D eigenvalue weighted by molar-refractivity contribution is 7.96. The van der Waals surface area contributed by atoms with Crippen molar-refractivity contribution in [2.45, 2.75) is 59.8 Å². The monoisotopic (exact) mass is 422 g/mol. The maximum absolute atomic E-state index is 12.1. The Morgan fingerprint density at radius 3 is 2.69 bits per heavy atom. The first-order valence-electron chi connectivity index (χ1n) is 10.0. The smallest absolute Gasteiger partial charge is 0.311 e. The van der Waals surface area contributed by atoms with E-state index in [0.29, 0.717) is 18.3 Å². The SMILES string of the molecule is CCC(C)N(CC(O)COc1cc(COC(=O)C(C)(C)C)cc2[nH]ccc12)SC. The van der Waals surface area contributed by atoms with Crippen LogP contribution in [0.1, 0.15) is 46.6 Å². The summed E-state index contributed by atoms with van der Waals surface area (Å²) in [7, 11) is 0. The maximum atomic E-state index is 12.1. The molecule has 29 heavy (non-hydrogen) atoms. The molecule has 0 aliphatic rings. The highest BCUT2D eigenvalue weighted by atomic mass is 32.2. The van der Waals surface area contributed by atoms with Gasteiger partial charge in [-0.2, -0.15) is 0 Å². The summed E-state index contributed by atoms with van der Waals surface area (Å²) < 4.78 is 13.6. The Balaban J connectivity index is 2.06. The van der Waals surface area contributed by atoms with Crippen LogP contribution in [-0.4, -0.2) is 51.9 Å². The van der Waals surface area contributed by atoms with Crippen LogP contribution >= 0.6 is 11.9 Å². The predicted octanol–water partition coefficient (Wildman–Crippen LogP) is 4.38. The Hall–Kier alpha value is -1.70. The van der Waals surface area contributed by atoms with Crippen molar-refractivity contribution in [3.05, 3.63) is 30.0 Å². The van der Waals surface area contributed by atoms with E-state index in [9.17, 15) is 9.90 Å². The normalized spacial score (nSPS) is 14.2. The van der Waals surface area contributed by atoms with Gasteiger partial charge in [0.15, 0.2) is 0 Å². The number of aliphatic hydroxyl groups is 1. The quantitative estimate of drug-likeness (QED) is 0.437. The van der Waals surface area contributed by atoms with Gasteiger partial charge < -0.3 is 19.6 Å². The van der Waals surface area contributed by atoms with Gasteiger partial charge in [-0.05, 0) is 64.1 Å². The maximum Gasteiger partial charge on any atom is 0.311 e. The highest BCUT2D eigenvalue weighted by Crippen LogP contribution is 2.28. The second kappa shape index (κ2) is 10.4. The molecule has 2 N–H and O–H groups in total. The molecule has 0 bridgehead atoms. The van der Waals surface area contributed by atoms with Gasteiger partial charge in [-0.25, -0.2) is 4.31 Å². The number of benzene rings is 1. The van der Waals surface area contributed by atoms with Gasteiger partial charge in [-0.3, -0.25) is 4.79 Å². The number of fused-ring (bicyclic) bond motifs is 1. The lowest BCUT2D eigenvalue weighted by atomic mass is 9.97. The third kappa shape index (κ3) is 6.66. The highest BCUT2D eigenvalue weighted by Gasteiger charge is 2.23. The molecule has 1 aromatic carbocycles. The summed E-state index contributed by atoms with van der Waals surface area (Å²) in [5.74, 6) is 0.424. The number of nitrogens with zero attached hydrogens (tertiary/aromatic N) is 1. The van der Waals surface area contributed by atoms with Gasteiger partial charge in [0.25, 0.3) is 0 Å². The van der Waals surface area contributed by atoms with Crippen molar-refractivity contribution in [2.24, 2.45) is 5.41 Å². The lowest BCUT2D eigenvalue weighted by molar-refractivity contribution is -0.154. The first-order valence-corrected chi connectivity index (χ1v) is 11.2. The average molecular weight is 423 g/mol. The van der Waals surface area contributed by atoms with Crippen LogP contribution in [0.2, 0.25) is 0 Å². The number of hydrogen-bond acceptors (Lipinski definition) is 6. The summed E-state index contributed by atoms with van der Waals surface area (Å²) in [6.07, 6.45) is 4.28. The summed E-state index contributed by atoms with van der Waals surface area (Å²) in [5.41, 5.74) is 1.20. The number of carbonyl (C=O) groups excluding carboxylic acids is 1. The average Bonchev–Trinajstić information content (AvgIpc) is 3.15. The first-order chi connectivity index (χ1) is 13.7. The molecular formula is C22H34N2O4S. The third-order valence-corrected chi connectivity index (χ3v) is 5.79. The van der Waals surface area contributed by atoms with E-state index in [-0.39, 0.29) is 19.2 Å². The number of H-pyrrole nitrogens is 1. The number of aromatic nitrogens is 1. The van der Waals surface area contributed by atoms with Crippen molar-refractivity contribution in [3.8, 4) is 5.75 Å². The molecule has 0 saturated carbocycles. The summed E-state index contributed by atoms with van der Waals surface area (Å²) >= 11 is 1.63. The van der Waals surface area contributed by atoms with Gasteiger partial charge in [0.2, 0.25) is 0 Å². The molecule has 2 aromatic rings. The summed E-state index contributed by atoms with van der Waals surface area (Å²) in [6, 6.07) is 6.15. The Morgan fingerprint density at radius 2 is 2.07 bits per heavy atom. The number of ether oxygens (including phenoxy) is 2. The fraction of sp³-hybridized carbons (Fsp3) is 0.591. The Kier molecular flexibility index (Phi) is 8.43. The minimum atomic E-state index is -0.604. The van der Waals surface area contributed by atoms with E-state index >= 15 is 0 Å². The van der Waals surface area contributed by atoms with E-state index in [1.807, 2.05) is 51.4 Å². The van der Waals surface area contributed by atoms with Gasteiger partial charge in [0, 0.05) is 29.7 Å². The largest absolute Gasteiger partial charge is 0.490 e. The number of nitrogens with one attached hydrogen (secondary N) is 1. The van der Waals surface area contributed by atoms with Crippen LogP contribution < -0.4 is 4.74 Å². The van der Waals surface area contributed by atoms with Crippen LogP contribution in [0, 0.1) is 5.41 Å². The Bertz CT molecular complexity index is 800. The topological polar surface area (TPSA) is 74.8 Å². The molecule has 0 aliphatic carbocycles. The molecule has 0 spiro atoms. The number of esters is 1. The number of aliphatic hydroxyl groups excluding tert-OH is 1. The minimum Gasteiger partial charge on any atom is -0.490 e. The molecule has 2 rings (SSSR count). The standard InChI is InChI=1S/C22H34N2O4S/c1-7-15(2)24(29-6)12-17(25)14-27-20-11-16(10-19-18(20)8-9-23-19)13-28-21(26)22(3,4)5/h8-11,15,17,23,25H,7,12-14H2,1-6H3. The number of aromatic amines is 1. The molecule has 2 atom stereocenters. The van der Waals surface area contributed by atoms with Gasteiger partial charge in [0.05, 0.1) is 5.41 Å². The second-order valence-electron chi connectivity index (χ2n) is 8.36. The van der Waals surface area contributed by atoms with Crippen molar-refractivity contribution < 1.29 is 19.4 Å². The molecule has 6 nitrogen and oxygen atoms in total. The molecule has 0 radical (unpaired) electrons. The third-order valence-electron chi connectivity index (χ3n) is 4.81. The van der Waals surface area contributed by atoms with Crippen LogP contribution in [0.5, 0.6) is 5.75 Å². The molecule has 0 fully saturated rings. The Labute approximate surface area is 178 Å². The lowest BCUT2D eigenvalue weighted by Crippen LogP contribution is -2.36. The van der Waals surface area contributed by atoms with Gasteiger partial charge in [0.1, 0.15) is 25.1 Å². The van der Waals surface area contributed by atoms with E-state index < -0.39 is 11.5 Å². The summed E-state index contributed by atoms with van der Waals surface area (Å²) in [5, 5.41) is 11.4. The zero-order valence-corrected chi connectivity index (χ0v) is 19.1. The molecule has 0 saturated heterocycles. The zero-order chi connectivity index (χ0) is 21.6. The van der Waals surface area contributed by atoms with E-state index in [2.05, 4.69) is 23.1 Å². The molecule has 1 aromatic heterocycles. The number of carbonyl (C=O) groups is 1. The molecular weight excluding hydrogens is 388 g/mol. The predicted molar refractivity (Wildman–Crippen MR) is 119 cm³/mol. The molecule has 7 heteroatoms. The van der Waals surface area contributed by atoms with E-state index in [0.717, 1.165) is 22.9 Å². The fourth-order valence-corrected chi connectivity index (χ4v) is 3.67. The molecule has 2 unspecified atom stereocenters. The minimum absolute atomic E-state index is 0.179. The van der Waals surface area contributed by atoms with Crippen LogP contribution in [0.25, 0.3) is 10.9 Å². The molecule has 0 amide bonds. The summed E-state index contributed by atoms with van der Waals surface area (Å²) in [4.78, 5) is 15.2. The lowest BCUT2D eigenvalue weighted by Gasteiger charge is -2.27. The second-order valence-corrected chi connectivity index (χ2v) is 9.20. The van der Waals surface area contributed by atoms with Gasteiger partial charge in [-0.1, -0.05) is 18.9 Å². The van der Waals surface area contributed by atoms with Crippen molar-refractivity contribution >= 4 is 28.8 Å². The first kappa shape index (κ1) is 23.6. The van der Waals surface area contributed by atoms with Crippen LogP contribution in [-0.2, 0) is 16.1 Å². The Morgan fingerprint density at radius 1 is 1.34 bits per heavy atom. The van der Waals surface area contributed by atoms with Crippen molar-refractivity contribution in [2.75, 3.05) is 19.4 Å². The van der Waals surface area contributed by atoms with Crippen LogP contribution in [0.4, 0.5) is 0 Å². The fourth-order valence-electron chi connectivity index (χ4n) is 2.84. The van der Waals surface area contributed by atoms with Gasteiger partial charge >= 0.3 is 5.97 Å². The van der Waals surface area contributed by atoms with Crippen molar-refractivity contribution in [1.82, 2.24) is 9.29 Å². The van der Waals surface area contributed by atoms with E-state index in [1.165, 1.54) is 0 Å². The van der Waals surface area contributed by atoms with Crippen molar-refractivity contribution in [3.63, 3.8) is 0 Å². The van der Waals surface area contributed by atoms with Crippen LogP contribution in [0.3, 0.4) is 0 Å². The van der Waals surface area contributed by atoms with E-state index in [4.69, 9.17) is 9.47 Å². The van der Waals surface area contributed by atoms with Crippen molar-refractivity contribution in [1.29, 1.82) is 0 Å². The molecule has 1 heterocycles.